The lowest BCUT2D eigenvalue weighted by Crippen LogP contribution is -1.91. The molecule has 0 fully saturated rings. The lowest BCUT2D eigenvalue weighted by molar-refractivity contribution is -0.143. The number of carboxylic acids is 1. The molecule has 0 spiro atoms. The second-order valence-corrected chi connectivity index (χ2v) is 2.77. The molecule has 0 radical (unpaired) electrons. The first-order valence-electron chi connectivity index (χ1n) is 3.15. The Labute approximate surface area is 84.9 Å². The molecule has 1 N–H and O–H groups in total. The molecule has 0 heterocycles. The highest BCUT2D eigenvalue weighted by molar-refractivity contribution is 6.34. The SMILES string of the molecule is Clc1cccc(Cl)c1.O=CC(=O)O. The van der Waals surface area contributed by atoms with E-state index in [1.54, 1.807) is 18.2 Å². The summed E-state index contributed by atoms with van der Waals surface area (Å²) in [6, 6.07) is 7.08. The Morgan fingerprint density at radius 3 is 1.85 bits per heavy atom. The number of hydrogen-bond acceptors (Lipinski definition) is 2. The average molecular weight is 221 g/mol. The highest BCUT2D eigenvalue weighted by Crippen LogP contribution is 2.13. The van der Waals surface area contributed by atoms with Crippen LogP contribution in [0.25, 0.3) is 0 Å². The van der Waals surface area contributed by atoms with Gasteiger partial charge in [-0.1, -0.05) is 29.3 Å². The summed E-state index contributed by atoms with van der Waals surface area (Å²) in [5, 5.41) is 8.71. The fourth-order valence-electron chi connectivity index (χ4n) is 0.460. The highest BCUT2D eigenvalue weighted by atomic mass is 35.5. The van der Waals surface area contributed by atoms with Gasteiger partial charge < -0.3 is 5.11 Å². The molecule has 5 heteroatoms. The zero-order valence-corrected chi connectivity index (χ0v) is 7.92. The van der Waals surface area contributed by atoms with Gasteiger partial charge >= 0.3 is 5.97 Å². The molecule has 70 valence electrons. The lowest BCUT2D eigenvalue weighted by atomic mass is 10.4. The number of carboxylic acid groups (broad SMARTS) is 1. The molecule has 0 unspecified atom stereocenters. The molecule has 0 saturated heterocycles. The smallest absolute Gasteiger partial charge is 0.368 e. The van der Waals surface area contributed by atoms with Crippen molar-refractivity contribution >= 4 is 35.5 Å². The van der Waals surface area contributed by atoms with E-state index in [0.29, 0.717) is 10.0 Å². The number of carbonyl (C=O) groups excluding carboxylic acids is 1. The molecule has 0 bridgehead atoms. The maximum Gasteiger partial charge on any atom is 0.368 e. The minimum Gasteiger partial charge on any atom is -0.476 e. The van der Waals surface area contributed by atoms with E-state index in [1.165, 1.54) is 0 Å². The van der Waals surface area contributed by atoms with Gasteiger partial charge in [0.15, 0.2) is 0 Å². The van der Waals surface area contributed by atoms with Crippen LogP contribution in [0.15, 0.2) is 24.3 Å². The van der Waals surface area contributed by atoms with E-state index in [-0.39, 0.29) is 6.29 Å². The van der Waals surface area contributed by atoms with Gasteiger partial charge in [0.25, 0.3) is 0 Å². The molecule has 0 aliphatic rings. The van der Waals surface area contributed by atoms with Gasteiger partial charge in [0.2, 0.25) is 6.29 Å². The summed E-state index contributed by atoms with van der Waals surface area (Å²) in [5.41, 5.74) is 0. The number of benzene rings is 1. The fourth-order valence-corrected chi connectivity index (χ4v) is 0.896. The zero-order chi connectivity index (χ0) is 10.3. The van der Waals surface area contributed by atoms with Crippen molar-refractivity contribution in [2.45, 2.75) is 0 Å². The van der Waals surface area contributed by atoms with Crippen LogP contribution in [0.1, 0.15) is 0 Å². The topological polar surface area (TPSA) is 54.4 Å². The molecule has 0 saturated carbocycles. The maximum atomic E-state index is 9.00. The van der Waals surface area contributed by atoms with E-state index in [9.17, 15) is 0 Å². The summed E-state index contributed by atoms with van der Waals surface area (Å²) < 4.78 is 0. The van der Waals surface area contributed by atoms with Gasteiger partial charge in [0, 0.05) is 10.0 Å². The first-order chi connectivity index (χ1) is 6.06. The molecule has 0 amide bonds. The summed E-state index contributed by atoms with van der Waals surface area (Å²) in [4.78, 5) is 17.9. The van der Waals surface area contributed by atoms with Crippen molar-refractivity contribution in [3.63, 3.8) is 0 Å². The van der Waals surface area contributed by atoms with Crippen LogP contribution in [0.3, 0.4) is 0 Å². The van der Waals surface area contributed by atoms with Gasteiger partial charge in [-0.2, -0.15) is 0 Å². The van der Waals surface area contributed by atoms with E-state index in [4.69, 9.17) is 37.9 Å². The van der Waals surface area contributed by atoms with Gasteiger partial charge in [-0.25, -0.2) is 4.79 Å². The van der Waals surface area contributed by atoms with Crippen LogP contribution in [0.5, 0.6) is 0 Å². The quantitative estimate of drug-likeness (QED) is 0.584. The molecule has 1 aromatic carbocycles. The van der Waals surface area contributed by atoms with Gasteiger partial charge in [0.1, 0.15) is 0 Å². The first kappa shape index (κ1) is 11.9. The van der Waals surface area contributed by atoms with Gasteiger partial charge in [-0.05, 0) is 18.2 Å². The van der Waals surface area contributed by atoms with Gasteiger partial charge in [-0.3, -0.25) is 4.79 Å². The third kappa shape index (κ3) is 7.31. The van der Waals surface area contributed by atoms with E-state index >= 15 is 0 Å². The molecule has 3 nitrogen and oxygen atoms in total. The lowest BCUT2D eigenvalue weighted by Gasteiger charge is -1.86. The van der Waals surface area contributed by atoms with Crippen LogP contribution < -0.4 is 0 Å². The minimum absolute atomic E-state index is 0.167. The Morgan fingerprint density at radius 2 is 1.69 bits per heavy atom. The van der Waals surface area contributed by atoms with Gasteiger partial charge in [-0.15, -0.1) is 0 Å². The average Bonchev–Trinajstić information content (AvgIpc) is 2.05. The standard InChI is InChI=1S/C6H4Cl2.C2H2O3/c7-5-2-1-3-6(8)4-5;3-1-2(4)5/h1-4H;1H,(H,4,5). The van der Waals surface area contributed by atoms with Crippen LogP contribution in [-0.2, 0) is 9.59 Å². The predicted molar refractivity (Wildman–Crippen MR) is 50.2 cm³/mol. The summed E-state index contributed by atoms with van der Waals surface area (Å²) in [6.07, 6.45) is -0.167. The van der Waals surface area contributed by atoms with Crippen molar-refractivity contribution in [1.29, 1.82) is 0 Å². The number of aldehydes is 1. The number of carbonyl (C=O) groups is 2. The molecule has 0 aromatic heterocycles. The second kappa shape index (κ2) is 6.46. The van der Waals surface area contributed by atoms with Gasteiger partial charge in [0.05, 0.1) is 0 Å². The van der Waals surface area contributed by atoms with E-state index < -0.39 is 5.97 Å². The third-order valence-electron chi connectivity index (χ3n) is 0.887. The third-order valence-corrected chi connectivity index (χ3v) is 1.36. The van der Waals surface area contributed by atoms with Crippen LogP contribution in [0.2, 0.25) is 10.0 Å². The van der Waals surface area contributed by atoms with Crippen molar-refractivity contribution < 1.29 is 14.7 Å². The van der Waals surface area contributed by atoms with Crippen molar-refractivity contribution in [3.8, 4) is 0 Å². The summed E-state index contributed by atoms with van der Waals surface area (Å²) >= 11 is 11.1. The monoisotopic (exact) mass is 220 g/mol. The molecule has 13 heavy (non-hydrogen) atoms. The number of aliphatic carboxylic acids is 1. The maximum absolute atomic E-state index is 9.00. The van der Waals surface area contributed by atoms with Crippen molar-refractivity contribution in [3.05, 3.63) is 34.3 Å². The Kier molecular flexibility index (Phi) is 5.93. The van der Waals surface area contributed by atoms with E-state index in [0.717, 1.165) is 0 Å². The summed E-state index contributed by atoms with van der Waals surface area (Å²) in [5.74, 6) is -1.43. The second-order valence-electron chi connectivity index (χ2n) is 1.90. The number of hydrogen-bond donors (Lipinski definition) is 1. The first-order valence-corrected chi connectivity index (χ1v) is 3.91. The van der Waals surface area contributed by atoms with E-state index in [2.05, 4.69) is 0 Å². The van der Waals surface area contributed by atoms with Crippen LogP contribution >= 0.6 is 23.2 Å². The fraction of sp³-hybridized carbons (Fsp3) is 0. The van der Waals surface area contributed by atoms with Crippen LogP contribution in [-0.4, -0.2) is 17.4 Å². The zero-order valence-electron chi connectivity index (χ0n) is 6.41. The van der Waals surface area contributed by atoms with Crippen molar-refractivity contribution in [1.82, 2.24) is 0 Å². The van der Waals surface area contributed by atoms with Crippen molar-refractivity contribution in [2.24, 2.45) is 0 Å². The predicted octanol–water partition coefficient (Wildman–Crippen LogP) is 2.26. The van der Waals surface area contributed by atoms with Crippen LogP contribution in [0, 0.1) is 0 Å². The molecular formula is C8H6Cl2O3. The molecule has 1 aromatic rings. The van der Waals surface area contributed by atoms with Crippen LogP contribution in [0.4, 0.5) is 0 Å². The van der Waals surface area contributed by atoms with E-state index in [1.807, 2.05) is 6.07 Å². The summed E-state index contributed by atoms with van der Waals surface area (Å²) in [6.45, 7) is 0. The highest BCUT2D eigenvalue weighted by Gasteiger charge is 1.85. The Bertz CT molecular complexity index is 282. The molecular weight excluding hydrogens is 215 g/mol. The molecule has 0 atom stereocenters. The van der Waals surface area contributed by atoms with Crippen molar-refractivity contribution in [2.75, 3.05) is 0 Å². The Balaban J connectivity index is 0.000000252. The number of rotatable bonds is 1. The normalized spacial score (nSPS) is 8.15. The summed E-state index contributed by atoms with van der Waals surface area (Å²) in [7, 11) is 0. The minimum atomic E-state index is -1.43. The molecule has 0 aliphatic heterocycles. The Hall–Kier alpha value is -1.06. The number of halogens is 2. The molecule has 1 rings (SSSR count). The largest absolute Gasteiger partial charge is 0.476 e. The molecule has 0 aliphatic carbocycles. The Morgan fingerprint density at radius 1 is 1.31 bits per heavy atom.